The first-order valence-corrected chi connectivity index (χ1v) is 7.00. The summed E-state index contributed by atoms with van der Waals surface area (Å²) in [5.41, 5.74) is 5.45. The van der Waals surface area contributed by atoms with Crippen LogP contribution < -0.4 is 11.1 Å². The molecular weight excluding hydrogens is 242 g/mol. The lowest BCUT2D eigenvalue weighted by Gasteiger charge is -2.28. The third-order valence-corrected chi connectivity index (χ3v) is 3.92. The van der Waals surface area contributed by atoms with E-state index in [0.717, 1.165) is 38.4 Å². The number of primary amides is 1. The smallest absolute Gasteiger partial charge is 0.234 e. The molecule has 1 aromatic heterocycles. The maximum absolute atomic E-state index is 11.4. The number of carbonyl (C=O) groups excluding carboxylic acids is 1. The molecule has 3 N–H and O–H groups in total. The van der Waals surface area contributed by atoms with Gasteiger partial charge in [0.25, 0.3) is 0 Å². The molecule has 1 aliphatic carbocycles. The minimum atomic E-state index is -0.231. The van der Waals surface area contributed by atoms with E-state index in [4.69, 9.17) is 5.73 Å². The monoisotopic (exact) mass is 263 g/mol. The highest BCUT2D eigenvalue weighted by molar-refractivity contribution is 5.79. The Morgan fingerprint density at radius 3 is 3.11 bits per heavy atom. The molecule has 2 heterocycles. The van der Waals surface area contributed by atoms with E-state index in [2.05, 4.69) is 19.8 Å². The van der Waals surface area contributed by atoms with Gasteiger partial charge in [0, 0.05) is 38.1 Å². The zero-order chi connectivity index (χ0) is 13.2. The lowest BCUT2D eigenvalue weighted by atomic mass is 10.1. The number of imidazole rings is 1. The van der Waals surface area contributed by atoms with E-state index < -0.39 is 0 Å². The van der Waals surface area contributed by atoms with E-state index in [9.17, 15) is 4.79 Å². The summed E-state index contributed by atoms with van der Waals surface area (Å²) in [4.78, 5) is 18.1. The number of carbonyl (C=O) groups is 1. The van der Waals surface area contributed by atoms with Crippen LogP contribution in [-0.4, -0.2) is 45.5 Å². The molecule has 6 nitrogen and oxygen atoms in total. The van der Waals surface area contributed by atoms with Crippen molar-refractivity contribution in [3.63, 3.8) is 0 Å². The largest absolute Gasteiger partial charge is 0.368 e. The summed E-state index contributed by atoms with van der Waals surface area (Å²) in [5.74, 6) is 0.877. The van der Waals surface area contributed by atoms with Gasteiger partial charge in [0.1, 0.15) is 5.82 Å². The van der Waals surface area contributed by atoms with E-state index in [-0.39, 0.29) is 11.9 Å². The van der Waals surface area contributed by atoms with Crippen LogP contribution in [0.1, 0.15) is 25.1 Å². The van der Waals surface area contributed by atoms with Gasteiger partial charge in [-0.2, -0.15) is 0 Å². The van der Waals surface area contributed by atoms with Gasteiger partial charge < -0.3 is 15.6 Å². The highest BCUT2D eigenvalue weighted by Gasteiger charge is 2.27. The van der Waals surface area contributed by atoms with Crippen LogP contribution in [0.3, 0.4) is 0 Å². The Balaban J connectivity index is 1.50. The number of hydrogen-bond acceptors (Lipinski definition) is 4. The lowest BCUT2D eigenvalue weighted by Crippen LogP contribution is -2.45. The van der Waals surface area contributed by atoms with E-state index in [1.54, 1.807) is 0 Å². The van der Waals surface area contributed by atoms with E-state index in [1.165, 1.54) is 12.8 Å². The molecule has 19 heavy (non-hydrogen) atoms. The van der Waals surface area contributed by atoms with Crippen LogP contribution in [0.15, 0.2) is 12.4 Å². The summed E-state index contributed by atoms with van der Waals surface area (Å²) in [6.45, 7) is 3.74. The normalized spacial score (nSPS) is 21.1. The van der Waals surface area contributed by atoms with Crippen LogP contribution in [0.4, 0.5) is 0 Å². The Labute approximate surface area is 113 Å². The van der Waals surface area contributed by atoms with E-state index in [1.807, 2.05) is 12.4 Å². The zero-order valence-electron chi connectivity index (χ0n) is 11.1. The molecule has 1 atom stereocenters. The first-order valence-electron chi connectivity index (χ1n) is 7.00. The van der Waals surface area contributed by atoms with Crippen LogP contribution in [0.5, 0.6) is 0 Å². The van der Waals surface area contributed by atoms with Crippen molar-refractivity contribution in [1.29, 1.82) is 0 Å². The van der Waals surface area contributed by atoms with Crippen molar-refractivity contribution in [2.45, 2.75) is 44.4 Å². The fourth-order valence-electron chi connectivity index (χ4n) is 2.57. The van der Waals surface area contributed by atoms with Crippen LogP contribution in [-0.2, 0) is 17.9 Å². The Kier molecular flexibility index (Phi) is 3.52. The second kappa shape index (κ2) is 5.30. The average molecular weight is 263 g/mol. The minimum absolute atomic E-state index is 0.186. The van der Waals surface area contributed by atoms with Crippen molar-refractivity contribution in [2.75, 3.05) is 13.1 Å². The first-order chi connectivity index (χ1) is 9.22. The van der Waals surface area contributed by atoms with Crippen molar-refractivity contribution in [3.8, 4) is 0 Å². The number of nitrogens with two attached hydrogens (primary N) is 1. The van der Waals surface area contributed by atoms with Crippen molar-refractivity contribution < 1.29 is 4.79 Å². The second-order valence-corrected chi connectivity index (χ2v) is 5.50. The van der Waals surface area contributed by atoms with Crippen LogP contribution >= 0.6 is 0 Å². The summed E-state index contributed by atoms with van der Waals surface area (Å²) in [6.07, 6.45) is 7.00. The number of hydrogen-bond donors (Lipinski definition) is 2. The molecule has 2 aliphatic rings. The highest BCUT2D eigenvalue weighted by Crippen LogP contribution is 2.20. The molecule has 1 unspecified atom stereocenters. The van der Waals surface area contributed by atoms with Gasteiger partial charge in [-0.1, -0.05) is 0 Å². The fourth-order valence-corrected chi connectivity index (χ4v) is 2.57. The van der Waals surface area contributed by atoms with E-state index >= 15 is 0 Å². The molecule has 1 aromatic rings. The molecule has 104 valence electrons. The van der Waals surface area contributed by atoms with Gasteiger partial charge >= 0.3 is 0 Å². The van der Waals surface area contributed by atoms with Gasteiger partial charge in [0.05, 0.1) is 12.6 Å². The predicted octanol–water partition coefficient (Wildman–Crippen LogP) is -0.305. The topological polar surface area (TPSA) is 76.2 Å². The molecule has 1 fully saturated rings. The average Bonchev–Trinajstić information content (AvgIpc) is 3.09. The van der Waals surface area contributed by atoms with Crippen LogP contribution in [0.25, 0.3) is 0 Å². The standard InChI is InChI=1S/C13H21N5O/c14-13(19)11(16-10-1-2-10)3-5-17-7-8-18-6-4-15-12(18)9-17/h4,6,10-11,16H,1-3,5,7-9H2,(H2,14,19). The Hall–Kier alpha value is -1.40. The molecule has 6 heteroatoms. The molecule has 1 amide bonds. The number of fused-ring (bicyclic) bond motifs is 1. The van der Waals surface area contributed by atoms with Gasteiger partial charge in [0.2, 0.25) is 5.91 Å². The quantitative estimate of drug-likeness (QED) is 0.738. The summed E-state index contributed by atoms with van der Waals surface area (Å²) < 4.78 is 2.19. The molecule has 0 spiro atoms. The van der Waals surface area contributed by atoms with E-state index in [0.29, 0.717) is 6.04 Å². The number of rotatable bonds is 6. The minimum Gasteiger partial charge on any atom is -0.368 e. The fraction of sp³-hybridized carbons (Fsp3) is 0.692. The van der Waals surface area contributed by atoms with Crippen LogP contribution in [0, 0.1) is 0 Å². The summed E-state index contributed by atoms with van der Waals surface area (Å²) in [7, 11) is 0. The third-order valence-electron chi connectivity index (χ3n) is 3.92. The summed E-state index contributed by atoms with van der Waals surface area (Å²) in [6, 6.07) is 0.326. The van der Waals surface area contributed by atoms with Crippen molar-refractivity contribution in [2.24, 2.45) is 5.73 Å². The molecule has 1 saturated carbocycles. The van der Waals surface area contributed by atoms with Gasteiger partial charge in [-0.05, 0) is 19.3 Å². The van der Waals surface area contributed by atoms with Gasteiger partial charge in [-0.3, -0.25) is 9.69 Å². The highest BCUT2D eigenvalue weighted by atomic mass is 16.1. The Bertz CT molecular complexity index is 454. The third kappa shape index (κ3) is 3.13. The zero-order valence-corrected chi connectivity index (χ0v) is 11.1. The molecular formula is C13H21N5O. The molecule has 0 bridgehead atoms. The number of amides is 1. The second-order valence-electron chi connectivity index (χ2n) is 5.50. The molecule has 3 rings (SSSR count). The molecule has 1 aliphatic heterocycles. The number of nitrogens with zero attached hydrogens (tertiary/aromatic N) is 3. The SMILES string of the molecule is NC(=O)C(CCN1CCn2ccnc2C1)NC1CC1. The maximum atomic E-state index is 11.4. The number of aromatic nitrogens is 2. The lowest BCUT2D eigenvalue weighted by molar-refractivity contribution is -0.120. The molecule has 0 radical (unpaired) electrons. The van der Waals surface area contributed by atoms with Gasteiger partial charge in [-0.15, -0.1) is 0 Å². The Morgan fingerprint density at radius 1 is 1.53 bits per heavy atom. The van der Waals surface area contributed by atoms with Crippen molar-refractivity contribution in [1.82, 2.24) is 19.8 Å². The first kappa shape index (κ1) is 12.6. The summed E-state index contributed by atoms with van der Waals surface area (Å²) >= 11 is 0. The van der Waals surface area contributed by atoms with Crippen LogP contribution in [0.2, 0.25) is 0 Å². The predicted molar refractivity (Wildman–Crippen MR) is 71.3 cm³/mol. The maximum Gasteiger partial charge on any atom is 0.234 e. The summed E-state index contributed by atoms with van der Waals surface area (Å²) in [5, 5.41) is 3.32. The van der Waals surface area contributed by atoms with Gasteiger partial charge in [-0.25, -0.2) is 4.98 Å². The Morgan fingerprint density at radius 2 is 2.37 bits per heavy atom. The van der Waals surface area contributed by atoms with Crippen molar-refractivity contribution in [3.05, 3.63) is 18.2 Å². The van der Waals surface area contributed by atoms with Gasteiger partial charge in [0.15, 0.2) is 0 Å². The molecule has 0 saturated heterocycles. The van der Waals surface area contributed by atoms with Crippen molar-refractivity contribution >= 4 is 5.91 Å². The number of nitrogens with one attached hydrogen (secondary N) is 1. The molecule has 0 aromatic carbocycles.